The van der Waals surface area contributed by atoms with Crippen molar-refractivity contribution in [2.45, 2.75) is 64.3 Å². The number of Topliss-reactive ketones (excluding diaryl/α,β-unsaturated/α-hetero) is 1. The van der Waals surface area contributed by atoms with Gasteiger partial charge in [-0.3, -0.25) is 9.59 Å². The molecule has 7 rings (SSSR count). The number of aliphatic hydroxyl groups is 1. The van der Waals surface area contributed by atoms with Crippen molar-refractivity contribution in [3.8, 4) is 0 Å². The van der Waals surface area contributed by atoms with Crippen LogP contribution in [0.4, 0.5) is 0 Å². The van der Waals surface area contributed by atoms with Gasteiger partial charge in [-0.05, 0) is 44.3 Å². The summed E-state index contributed by atoms with van der Waals surface area (Å²) in [7, 11) is 0. The summed E-state index contributed by atoms with van der Waals surface area (Å²) in [5, 5.41) is 11.9. The highest BCUT2D eigenvalue weighted by atomic mass is 16.8. The maximum absolute atomic E-state index is 13.9. The average molecular weight is 400 g/mol. The molecular weight excluding hydrogens is 372 g/mol. The third-order valence-corrected chi connectivity index (χ3v) is 9.06. The SMILES string of the molecule is C=C1C(=O)C23[C@@H]4OC(C)(C)O[C@@]25OC[C@]2(C=CC(=O)C(C)(C)[C@H]2[C@@H]5O)[C@@H]3CC[C@@H]14. The molecule has 3 saturated carbocycles. The Morgan fingerprint density at radius 3 is 2.62 bits per heavy atom. The van der Waals surface area contributed by atoms with Crippen molar-refractivity contribution >= 4 is 11.6 Å². The smallest absolute Gasteiger partial charge is 0.213 e. The maximum Gasteiger partial charge on any atom is 0.213 e. The molecule has 156 valence electrons. The summed E-state index contributed by atoms with van der Waals surface area (Å²) in [6, 6.07) is 0. The van der Waals surface area contributed by atoms with Crippen molar-refractivity contribution in [3.05, 3.63) is 24.3 Å². The first-order valence-electron chi connectivity index (χ1n) is 10.6. The minimum absolute atomic E-state index is 0.0103. The molecule has 29 heavy (non-hydrogen) atoms. The van der Waals surface area contributed by atoms with Crippen LogP contribution in [-0.2, 0) is 23.8 Å². The number of carbonyl (C=O) groups excluding carboxylic acids is 2. The fraction of sp³-hybridized carbons (Fsp3) is 0.739. The second-order valence-electron chi connectivity index (χ2n) is 10.9. The Morgan fingerprint density at radius 2 is 1.90 bits per heavy atom. The molecule has 3 saturated heterocycles. The van der Waals surface area contributed by atoms with E-state index in [2.05, 4.69) is 6.58 Å². The van der Waals surface area contributed by atoms with E-state index in [4.69, 9.17) is 14.2 Å². The minimum Gasteiger partial charge on any atom is -0.387 e. The van der Waals surface area contributed by atoms with Crippen LogP contribution in [0.5, 0.6) is 0 Å². The van der Waals surface area contributed by atoms with Crippen molar-refractivity contribution in [2.24, 2.45) is 34.0 Å². The number of aliphatic hydroxyl groups excluding tert-OH is 1. The normalized spacial score (nSPS) is 55.6. The summed E-state index contributed by atoms with van der Waals surface area (Å²) in [5.74, 6) is -3.29. The van der Waals surface area contributed by atoms with Gasteiger partial charge in [-0.2, -0.15) is 0 Å². The lowest BCUT2D eigenvalue weighted by Crippen LogP contribution is -2.87. The zero-order chi connectivity index (χ0) is 20.8. The van der Waals surface area contributed by atoms with E-state index in [1.54, 1.807) is 19.9 Å². The highest BCUT2D eigenvalue weighted by molar-refractivity contribution is 6.05. The van der Waals surface area contributed by atoms with Gasteiger partial charge >= 0.3 is 0 Å². The van der Waals surface area contributed by atoms with Gasteiger partial charge in [-0.25, -0.2) is 0 Å². The van der Waals surface area contributed by atoms with Crippen LogP contribution in [0, 0.1) is 34.0 Å². The molecule has 0 amide bonds. The molecule has 0 aromatic heterocycles. The molecule has 3 spiro atoms. The van der Waals surface area contributed by atoms with Crippen LogP contribution in [0.25, 0.3) is 0 Å². The predicted octanol–water partition coefficient (Wildman–Crippen LogP) is 2.16. The van der Waals surface area contributed by atoms with E-state index < -0.39 is 45.9 Å². The molecule has 3 aliphatic heterocycles. The zero-order valence-electron chi connectivity index (χ0n) is 17.4. The third kappa shape index (κ3) is 1.60. The Labute approximate surface area is 170 Å². The van der Waals surface area contributed by atoms with Crippen LogP contribution in [0.1, 0.15) is 40.5 Å². The lowest BCUT2D eigenvalue weighted by atomic mass is 9.37. The second-order valence-corrected chi connectivity index (χ2v) is 10.9. The third-order valence-electron chi connectivity index (χ3n) is 9.06. The second kappa shape index (κ2) is 4.77. The molecule has 4 bridgehead atoms. The van der Waals surface area contributed by atoms with Crippen LogP contribution in [0.2, 0.25) is 0 Å². The number of carbonyl (C=O) groups is 2. The Balaban J connectivity index is 1.69. The van der Waals surface area contributed by atoms with Crippen molar-refractivity contribution < 1.29 is 28.9 Å². The summed E-state index contributed by atoms with van der Waals surface area (Å²) in [5.41, 5.74) is -1.97. The van der Waals surface area contributed by atoms with Gasteiger partial charge in [0.2, 0.25) is 5.79 Å². The molecule has 6 nitrogen and oxygen atoms in total. The topological polar surface area (TPSA) is 82.1 Å². The van der Waals surface area contributed by atoms with E-state index in [-0.39, 0.29) is 23.4 Å². The molecule has 1 unspecified atom stereocenters. The first kappa shape index (κ1) is 18.4. The molecule has 8 atom stereocenters. The largest absolute Gasteiger partial charge is 0.387 e. The molecule has 1 N–H and O–H groups in total. The Morgan fingerprint density at radius 1 is 1.17 bits per heavy atom. The van der Waals surface area contributed by atoms with Crippen LogP contribution >= 0.6 is 0 Å². The molecule has 6 heteroatoms. The number of hydrogen-bond donors (Lipinski definition) is 1. The summed E-state index contributed by atoms with van der Waals surface area (Å²) >= 11 is 0. The lowest BCUT2D eigenvalue weighted by molar-refractivity contribution is -0.522. The fourth-order valence-electron chi connectivity index (χ4n) is 8.19. The molecule has 0 aromatic carbocycles. The van der Waals surface area contributed by atoms with Crippen LogP contribution in [0.15, 0.2) is 24.3 Å². The summed E-state index contributed by atoms with van der Waals surface area (Å²) in [4.78, 5) is 26.7. The molecule has 7 aliphatic rings. The molecule has 0 aromatic rings. The number of ether oxygens (including phenoxy) is 3. The fourth-order valence-corrected chi connectivity index (χ4v) is 8.19. The van der Waals surface area contributed by atoms with Crippen LogP contribution < -0.4 is 0 Å². The minimum atomic E-state index is -1.53. The van der Waals surface area contributed by atoms with Crippen molar-refractivity contribution in [2.75, 3.05) is 6.61 Å². The number of allylic oxidation sites excluding steroid dienone is 1. The van der Waals surface area contributed by atoms with E-state index >= 15 is 0 Å². The van der Waals surface area contributed by atoms with Gasteiger partial charge in [0.25, 0.3) is 0 Å². The average Bonchev–Trinajstić information content (AvgIpc) is 2.75. The van der Waals surface area contributed by atoms with E-state index in [0.29, 0.717) is 12.2 Å². The first-order valence-corrected chi connectivity index (χ1v) is 10.6. The standard InChI is InChI=1S/C23H28O6/c1-11-12-6-7-13-21-9-8-14(24)19(2,3)15(21)17(26)23(27-10-21)22(13,16(11)25)18(12)28-20(4,5)29-23/h8-9,12-13,15,17-18,26H,1,6-7,10H2,2-5H3/t12-,13-,15+,17-,18+,21+,22?,23+/m0/s1. The van der Waals surface area contributed by atoms with Crippen molar-refractivity contribution in [3.63, 3.8) is 0 Å². The highest BCUT2D eigenvalue weighted by Gasteiger charge is 2.89. The van der Waals surface area contributed by atoms with Gasteiger partial charge in [0.15, 0.2) is 17.4 Å². The number of ketones is 2. The maximum atomic E-state index is 13.9. The van der Waals surface area contributed by atoms with E-state index in [0.717, 1.165) is 12.8 Å². The van der Waals surface area contributed by atoms with Crippen molar-refractivity contribution in [1.82, 2.24) is 0 Å². The summed E-state index contributed by atoms with van der Waals surface area (Å²) < 4.78 is 19.2. The highest BCUT2D eigenvalue weighted by Crippen LogP contribution is 2.78. The predicted molar refractivity (Wildman–Crippen MR) is 101 cm³/mol. The van der Waals surface area contributed by atoms with Gasteiger partial charge in [0, 0.05) is 22.7 Å². The molecule has 4 aliphatic carbocycles. The van der Waals surface area contributed by atoms with Gasteiger partial charge in [-0.1, -0.05) is 26.5 Å². The zero-order valence-corrected chi connectivity index (χ0v) is 17.4. The van der Waals surface area contributed by atoms with Gasteiger partial charge in [0.1, 0.15) is 11.5 Å². The van der Waals surface area contributed by atoms with E-state index in [1.165, 1.54) is 0 Å². The monoisotopic (exact) mass is 400 g/mol. The Bertz CT molecular complexity index is 916. The molecule has 0 radical (unpaired) electrons. The van der Waals surface area contributed by atoms with Crippen molar-refractivity contribution in [1.29, 1.82) is 0 Å². The van der Waals surface area contributed by atoms with Crippen LogP contribution in [0.3, 0.4) is 0 Å². The quantitative estimate of drug-likeness (QED) is 0.628. The number of fused-ring (bicyclic) bond motifs is 1. The first-order chi connectivity index (χ1) is 13.5. The van der Waals surface area contributed by atoms with Crippen LogP contribution in [-0.4, -0.2) is 47.1 Å². The Kier molecular flexibility index (Phi) is 3.03. The van der Waals surface area contributed by atoms with Gasteiger partial charge in [-0.15, -0.1) is 0 Å². The van der Waals surface area contributed by atoms with Gasteiger partial charge in [0.05, 0.1) is 12.7 Å². The van der Waals surface area contributed by atoms with E-state index in [1.807, 2.05) is 19.9 Å². The van der Waals surface area contributed by atoms with Gasteiger partial charge < -0.3 is 19.3 Å². The molecular formula is C23H28O6. The Hall–Kier alpha value is -1.34. The molecule has 6 fully saturated rings. The number of rotatable bonds is 0. The van der Waals surface area contributed by atoms with E-state index in [9.17, 15) is 14.7 Å². The molecule has 3 heterocycles. The summed E-state index contributed by atoms with van der Waals surface area (Å²) in [6.45, 7) is 11.8. The number of hydrogen-bond acceptors (Lipinski definition) is 6. The summed E-state index contributed by atoms with van der Waals surface area (Å²) in [6.07, 6.45) is 3.58. The lowest BCUT2D eigenvalue weighted by Gasteiger charge is -2.75.